The molecular weight excluding hydrogens is 362 g/mol. The number of rotatable bonds is 7. The molecule has 6 nitrogen and oxygen atoms in total. The van der Waals surface area contributed by atoms with Crippen molar-refractivity contribution < 1.29 is 14.6 Å². The summed E-state index contributed by atoms with van der Waals surface area (Å²) < 4.78 is 8.57. The molecule has 3 rings (SSSR count). The van der Waals surface area contributed by atoms with E-state index in [4.69, 9.17) is 9.84 Å². The largest absolute Gasteiger partial charge is 0.494 e. The van der Waals surface area contributed by atoms with Crippen molar-refractivity contribution in [3.63, 3.8) is 0 Å². The lowest BCUT2D eigenvalue weighted by Crippen LogP contribution is -2.10. The SMILES string of the molecule is CCOc1ccc(/C(CCC(=O)O)=N/N=c2\sc3ccccc3n2C)cc1. The number of carbonyl (C=O) groups is 1. The molecule has 0 saturated heterocycles. The first kappa shape index (κ1) is 18.8. The first-order chi connectivity index (χ1) is 13.1. The van der Waals surface area contributed by atoms with Gasteiger partial charge in [0.1, 0.15) is 5.75 Å². The summed E-state index contributed by atoms with van der Waals surface area (Å²) in [5, 5.41) is 17.8. The fourth-order valence-electron chi connectivity index (χ4n) is 2.67. The normalized spacial score (nSPS) is 12.5. The molecule has 3 aromatic rings. The van der Waals surface area contributed by atoms with E-state index in [0.29, 0.717) is 18.7 Å². The van der Waals surface area contributed by atoms with E-state index in [1.807, 2.05) is 67.1 Å². The van der Waals surface area contributed by atoms with Crippen molar-refractivity contribution in [3.05, 3.63) is 58.9 Å². The number of para-hydroxylation sites is 1. The molecule has 0 aliphatic rings. The molecule has 0 aliphatic carbocycles. The van der Waals surface area contributed by atoms with Crippen LogP contribution in [0.25, 0.3) is 10.2 Å². The number of aliphatic carboxylic acids is 1. The highest BCUT2D eigenvalue weighted by molar-refractivity contribution is 7.16. The van der Waals surface area contributed by atoms with Crippen LogP contribution in [-0.2, 0) is 11.8 Å². The second-order valence-electron chi connectivity index (χ2n) is 5.91. The Morgan fingerprint density at radius 2 is 1.89 bits per heavy atom. The van der Waals surface area contributed by atoms with Gasteiger partial charge in [-0.05, 0) is 48.9 Å². The number of hydrogen-bond donors (Lipinski definition) is 1. The predicted molar refractivity (Wildman–Crippen MR) is 107 cm³/mol. The molecule has 0 aliphatic heterocycles. The zero-order chi connectivity index (χ0) is 19.2. The number of aryl methyl sites for hydroxylation is 1. The van der Waals surface area contributed by atoms with Crippen LogP contribution in [0.1, 0.15) is 25.3 Å². The van der Waals surface area contributed by atoms with Crippen LogP contribution in [0.15, 0.2) is 58.7 Å². The van der Waals surface area contributed by atoms with Crippen molar-refractivity contribution in [1.82, 2.24) is 4.57 Å². The smallest absolute Gasteiger partial charge is 0.303 e. The highest BCUT2D eigenvalue weighted by Crippen LogP contribution is 2.17. The van der Waals surface area contributed by atoms with Crippen LogP contribution >= 0.6 is 11.3 Å². The number of hydrogen-bond acceptors (Lipinski definition) is 5. The van der Waals surface area contributed by atoms with Gasteiger partial charge in [-0.15, -0.1) is 5.10 Å². The van der Waals surface area contributed by atoms with E-state index >= 15 is 0 Å². The van der Waals surface area contributed by atoms with Gasteiger partial charge in [0.15, 0.2) is 0 Å². The number of thiazole rings is 1. The van der Waals surface area contributed by atoms with Gasteiger partial charge < -0.3 is 14.4 Å². The lowest BCUT2D eigenvalue weighted by atomic mass is 10.1. The summed E-state index contributed by atoms with van der Waals surface area (Å²) in [6, 6.07) is 15.5. The molecule has 0 radical (unpaired) electrons. The van der Waals surface area contributed by atoms with E-state index in [2.05, 4.69) is 10.2 Å². The summed E-state index contributed by atoms with van der Waals surface area (Å²) in [6.07, 6.45) is 0.307. The highest BCUT2D eigenvalue weighted by atomic mass is 32.1. The van der Waals surface area contributed by atoms with Crippen molar-refractivity contribution in [2.24, 2.45) is 17.3 Å². The average Bonchev–Trinajstić information content (AvgIpc) is 2.99. The molecule has 1 aromatic heterocycles. The third kappa shape index (κ3) is 4.62. The molecule has 0 unspecified atom stereocenters. The van der Waals surface area contributed by atoms with Crippen LogP contribution in [-0.4, -0.2) is 28.0 Å². The Kier molecular flexibility index (Phi) is 6.03. The first-order valence-electron chi connectivity index (χ1n) is 8.68. The van der Waals surface area contributed by atoms with Crippen LogP contribution in [0.3, 0.4) is 0 Å². The maximum Gasteiger partial charge on any atom is 0.303 e. The third-order valence-electron chi connectivity index (χ3n) is 4.05. The molecular formula is C20H21N3O3S. The summed E-state index contributed by atoms with van der Waals surface area (Å²) in [7, 11) is 1.95. The van der Waals surface area contributed by atoms with Gasteiger partial charge >= 0.3 is 5.97 Å². The molecule has 0 bridgehead atoms. The maximum absolute atomic E-state index is 11.0. The number of carboxylic acids is 1. The molecule has 7 heteroatoms. The van der Waals surface area contributed by atoms with E-state index < -0.39 is 5.97 Å². The quantitative estimate of drug-likeness (QED) is 0.498. The molecule has 0 saturated carbocycles. The first-order valence-corrected chi connectivity index (χ1v) is 9.50. The van der Waals surface area contributed by atoms with Crippen molar-refractivity contribution in [3.8, 4) is 5.75 Å². The maximum atomic E-state index is 11.0. The Hall–Kier alpha value is -2.93. The minimum absolute atomic E-state index is 0.000105. The second-order valence-corrected chi connectivity index (χ2v) is 6.92. The fourth-order valence-corrected chi connectivity index (χ4v) is 3.64. The predicted octanol–water partition coefficient (Wildman–Crippen LogP) is 3.81. The van der Waals surface area contributed by atoms with Crippen molar-refractivity contribution in [1.29, 1.82) is 0 Å². The van der Waals surface area contributed by atoms with E-state index in [-0.39, 0.29) is 6.42 Å². The van der Waals surface area contributed by atoms with Gasteiger partial charge in [0.2, 0.25) is 4.80 Å². The molecule has 1 heterocycles. The zero-order valence-corrected chi connectivity index (χ0v) is 16.1. The topological polar surface area (TPSA) is 76.2 Å². The van der Waals surface area contributed by atoms with E-state index in [1.54, 1.807) is 11.3 Å². The molecule has 2 aromatic carbocycles. The van der Waals surface area contributed by atoms with Crippen LogP contribution in [0, 0.1) is 0 Å². The Morgan fingerprint density at radius 3 is 2.56 bits per heavy atom. The number of aromatic nitrogens is 1. The monoisotopic (exact) mass is 383 g/mol. The number of fused-ring (bicyclic) bond motifs is 1. The van der Waals surface area contributed by atoms with Crippen molar-refractivity contribution in [2.45, 2.75) is 19.8 Å². The number of nitrogens with zero attached hydrogens (tertiary/aromatic N) is 3. The van der Waals surface area contributed by atoms with Gasteiger partial charge in [-0.1, -0.05) is 23.5 Å². The summed E-state index contributed by atoms with van der Waals surface area (Å²) in [5.41, 5.74) is 2.56. The molecule has 0 amide bonds. The Bertz CT molecular complexity index is 1030. The number of ether oxygens (including phenoxy) is 1. The number of carboxylic acid groups (broad SMARTS) is 1. The molecule has 27 heavy (non-hydrogen) atoms. The Labute approximate surface area is 161 Å². The Morgan fingerprint density at radius 1 is 1.15 bits per heavy atom. The molecule has 1 N–H and O–H groups in total. The van der Waals surface area contributed by atoms with Gasteiger partial charge in [0, 0.05) is 13.5 Å². The standard InChI is InChI=1S/C20H21N3O3S/c1-3-26-15-10-8-14(9-11-15)16(12-13-19(24)25)21-22-20-23(2)17-6-4-5-7-18(17)27-20/h4-11H,3,12-13H2,1-2H3,(H,24,25)/b21-16+,22-20-. The molecule has 140 valence electrons. The van der Waals surface area contributed by atoms with Gasteiger partial charge in [-0.2, -0.15) is 5.10 Å². The van der Waals surface area contributed by atoms with Crippen LogP contribution in [0.5, 0.6) is 5.75 Å². The zero-order valence-electron chi connectivity index (χ0n) is 15.3. The molecule has 0 spiro atoms. The van der Waals surface area contributed by atoms with Crippen LogP contribution in [0.2, 0.25) is 0 Å². The van der Waals surface area contributed by atoms with Gasteiger partial charge in [-0.3, -0.25) is 4.79 Å². The van der Waals surface area contributed by atoms with Crippen LogP contribution in [0.4, 0.5) is 0 Å². The Balaban J connectivity index is 1.98. The molecule has 0 fully saturated rings. The average molecular weight is 383 g/mol. The summed E-state index contributed by atoms with van der Waals surface area (Å²) in [6.45, 7) is 2.52. The third-order valence-corrected chi connectivity index (χ3v) is 5.15. The summed E-state index contributed by atoms with van der Waals surface area (Å²) in [4.78, 5) is 11.8. The summed E-state index contributed by atoms with van der Waals surface area (Å²) in [5.74, 6) is -0.0901. The van der Waals surface area contributed by atoms with Gasteiger partial charge in [0.25, 0.3) is 0 Å². The number of benzene rings is 2. The fraction of sp³-hybridized carbons (Fsp3) is 0.250. The molecule has 0 atom stereocenters. The lowest BCUT2D eigenvalue weighted by Gasteiger charge is -2.06. The highest BCUT2D eigenvalue weighted by Gasteiger charge is 2.08. The van der Waals surface area contributed by atoms with Gasteiger partial charge in [0.05, 0.1) is 29.0 Å². The lowest BCUT2D eigenvalue weighted by molar-refractivity contribution is -0.136. The van der Waals surface area contributed by atoms with Crippen molar-refractivity contribution >= 4 is 33.2 Å². The van der Waals surface area contributed by atoms with Crippen LogP contribution < -0.4 is 9.54 Å². The van der Waals surface area contributed by atoms with E-state index in [1.165, 1.54) is 0 Å². The minimum Gasteiger partial charge on any atom is -0.494 e. The van der Waals surface area contributed by atoms with Gasteiger partial charge in [-0.25, -0.2) is 0 Å². The van der Waals surface area contributed by atoms with Crippen molar-refractivity contribution in [2.75, 3.05) is 6.61 Å². The second kappa shape index (κ2) is 8.64. The summed E-state index contributed by atoms with van der Waals surface area (Å²) >= 11 is 1.55. The minimum atomic E-state index is -0.860. The van der Waals surface area contributed by atoms with E-state index in [0.717, 1.165) is 26.3 Å². The van der Waals surface area contributed by atoms with E-state index in [9.17, 15) is 4.79 Å².